The molecule has 1 saturated carbocycles. The average molecular weight is 256 g/mol. The molecule has 1 aliphatic rings. The van der Waals surface area contributed by atoms with Crippen LogP contribution in [0.4, 0.5) is 10.6 Å². The van der Waals surface area contributed by atoms with E-state index in [1.807, 2.05) is 31.2 Å². The van der Waals surface area contributed by atoms with Crippen LogP contribution in [0.15, 0.2) is 30.3 Å². The highest BCUT2D eigenvalue weighted by Crippen LogP contribution is 2.22. The fraction of sp³-hybridized carbons (Fsp3) is 0.333. The predicted molar refractivity (Wildman–Crippen MR) is 74.2 cm³/mol. The quantitative estimate of drug-likeness (QED) is 0.892. The number of anilines is 1. The Morgan fingerprint density at radius 2 is 2.11 bits per heavy atom. The van der Waals surface area contributed by atoms with Crippen LogP contribution in [-0.2, 0) is 4.74 Å². The Bertz CT molecular complexity index is 621. The lowest BCUT2D eigenvalue weighted by Gasteiger charge is -2.24. The zero-order valence-corrected chi connectivity index (χ0v) is 10.8. The maximum absolute atomic E-state index is 11.6. The normalized spacial score (nSPS) is 15.0. The van der Waals surface area contributed by atoms with Crippen molar-refractivity contribution in [2.45, 2.75) is 32.3 Å². The Labute approximate surface area is 111 Å². The summed E-state index contributed by atoms with van der Waals surface area (Å²) in [5.41, 5.74) is 2.02. The third kappa shape index (κ3) is 2.67. The van der Waals surface area contributed by atoms with Crippen molar-refractivity contribution >= 4 is 22.8 Å². The molecule has 1 amide bonds. The number of carbonyl (C=O) groups excluding carboxylic acids is 1. The molecular formula is C15H16N2O2. The van der Waals surface area contributed by atoms with Crippen LogP contribution in [0.1, 0.15) is 24.8 Å². The van der Waals surface area contributed by atoms with Gasteiger partial charge in [0.05, 0.1) is 5.52 Å². The molecule has 4 heteroatoms. The Morgan fingerprint density at radius 3 is 2.84 bits per heavy atom. The minimum Gasteiger partial charge on any atom is -0.446 e. The Morgan fingerprint density at radius 1 is 1.32 bits per heavy atom. The molecule has 19 heavy (non-hydrogen) atoms. The first-order valence-electron chi connectivity index (χ1n) is 6.56. The molecular weight excluding hydrogens is 240 g/mol. The minimum absolute atomic E-state index is 0.0858. The van der Waals surface area contributed by atoms with Gasteiger partial charge in [0, 0.05) is 5.39 Å². The third-order valence-electron chi connectivity index (χ3n) is 3.40. The van der Waals surface area contributed by atoms with Crippen molar-refractivity contribution in [2.24, 2.45) is 0 Å². The van der Waals surface area contributed by atoms with Crippen LogP contribution in [0, 0.1) is 6.92 Å². The fourth-order valence-corrected chi connectivity index (χ4v) is 2.07. The van der Waals surface area contributed by atoms with E-state index in [2.05, 4.69) is 10.3 Å². The highest BCUT2D eigenvalue weighted by molar-refractivity contribution is 5.87. The van der Waals surface area contributed by atoms with Gasteiger partial charge in [0.2, 0.25) is 0 Å². The number of nitrogens with zero attached hydrogens (tertiary/aromatic N) is 1. The summed E-state index contributed by atoms with van der Waals surface area (Å²) in [5.74, 6) is 0.530. The van der Waals surface area contributed by atoms with Gasteiger partial charge in [-0.2, -0.15) is 0 Å². The molecule has 98 valence electrons. The number of amides is 1. The third-order valence-corrected chi connectivity index (χ3v) is 3.40. The molecule has 4 nitrogen and oxygen atoms in total. The predicted octanol–water partition coefficient (Wildman–Crippen LogP) is 3.64. The van der Waals surface area contributed by atoms with Gasteiger partial charge in [0.1, 0.15) is 11.9 Å². The highest BCUT2D eigenvalue weighted by atomic mass is 16.6. The number of fused-ring (bicyclic) bond motifs is 1. The Kier molecular flexibility index (Phi) is 3.07. The van der Waals surface area contributed by atoms with Gasteiger partial charge in [0.25, 0.3) is 0 Å². The highest BCUT2D eigenvalue weighted by Gasteiger charge is 2.21. The zero-order chi connectivity index (χ0) is 13.2. The molecule has 0 spiro atoms. The van der Waals surface area contributed by atoms with Crippen molar-refractivity contribution in [1.82, 2.24) is 4.98 Å². The van der Waals surface area contributed by atoms with Gasteiger partial charge in [-0.05, 0) is 49.9 Å². The summed E-state index contributed by atoms with van der Waals surface area (Å²) in [6.07, 6.45) is 2.76. The van der Waals surface area contributed by atoms with Crippen molar-refractivity contribution < 1.29 is 9.53 Å². The molecule has 1 aliphatic carbocycles. The number of benzene rings is 1. The Balaban J connectivity index is 1.74. The van der Waals surface area contributed by atoms with E-state index in [0.717, 1.165) is 35.7 Å². The van der Waals surface area contributed by atoms with E-state index < -0.39 is 6.09 Å². The van der Waals surface area contributed by atoms with E-state index in [4.69, 9.17) is 4.74 Å². The number of hydrogen-bond acceptors (Lipinski definition) is 3. The second-order valence-corrected chi connectivity index (χ2v) is 4.98. The number of nitrogens with one attached hydrogen (secondary N) is 1. The number of hydrogen-bond donors (Lipinski definition) is 1. The summed E-state index contributed by atoms with van der Waals surface area (Å²) in [5, 5.41) is 3.74. The lowest BCUT2D eigenvalue weighted by molar-refractivity contribution is 0.0623. The Hall–Kier alpha value is -2.10. The standard InChI is InChI=1S/C15H16N2O2/c1-10-5-6-11-7-8-14(16-13(11)9-10)17-15(18)19-12-3-2-4-12/h5-9,12H,2-4H2,1H3,(H,16,17,18). The summed E-state index contributed by atoms with van der Waals surface area (Å²) in [4.78, 5) is 16.1. The smallest absolute Gasteiger partial charge is 0.413 e. The summed E-state index contributed by atoms with van der Waals surface area (Å²) < 4.78 is 5.24. The molecule has 3 rings (SSSR count). The second kappa shape index (κ2) is 4.88. The number of rotatable bonds is 2. The van der Waals surface area contributed by atoms with Crippen molar-refractivity contribution in [1.29, 1.82) is 0 Å². The summed E-state index contributed by atoms with van der Waals surface area (Å²) in [6.45, 7) is 2.02. The van der Waals surface area contributed by atoms with Crippen molar-refractivity contribution in [2.75, 3.05) is 5.32 Å². The van der Waals surface area contributed by atoms with Gasteiger partial charge >= 0.3 is 6.09 Å². The number of pyridine rings is 1. The van der Waals surface area contributed by atoms with Crippen LogP contribution in [-0.4, -0.2) is 17.2 Å². The number of ether oxygens (including phenoxy) is 1. The zero-order valence-electron chi connectivity index (χ0n) is 10.8. The molecule has 0 aliphatic heterocycles. The molecule has 1 aromatic carbocycles. The van der Waals surface area contributed by atoms with Gasteiger partial charge in [-0.15, -0.1) is 0 Å². The lowest BCUT2D eigenvalue weighted by atomic mass is 9.96. The molecule has 1 N–H and O–H groups in total. The van der Waals surface area contributed by atoms with Crippen LogP contribution >= 0.6 is 0 Å². The van der Waals surface area contributed by atoms with Crippen molar-refractivity contribution in [3.8, 4) is 0 Å². The van der Waals surface area contributed by atoms with Gasteiger partial charge < -0.3 is 4.74 Å². The SMILES string of the molecule is Cc1ccc2ccc(NC(=O)OC3CCC3)nc2c1. The molecule has 0 saturated heterocycles. The molecule has 1 fully saturated rings. The van der Waals surface area contributed by atoms with Crippen molar-refractivity contribution in [3.63, 3.8) is 0 Å². The van der Waals surface area contributed by atoms with Gasteiger partial charge in [-0.25, -0.2) is 9.78 Å². The van der Waals surface area contributed by atoms with E-state index in [0.29, 0.717) is 5.82 Å². The first-order chi connectivity index (χ1) is 9.20. The largest absolute Gasteiger partial charge is 0.446 e. The first kappa shape index (κ1) is 12.0. The summed E-state index contributed by atoms with van der Waals surface area (Å²) >= 11 is 0. The average Bonchev–Trinajstić information content (AvgIpc) is 2.33. The first-order valence-corrected chi connectivity index (χ1v) is 6.56. The van der Waals surface area contributed by atoms with E-state index in [1.165, 1.54) is 0 Å². The fourth-order valence-electron chi connectivity index (χ4n) is 2.07. The molecule has 0 bridgehead atoms. The lowest BCUT2D eigenvalue weighted by Crippen LogP contribution is -2.27. The van der Waals surface area contributed by atoms with Crippen LogP contribution in [0.5, 0.6) is 0 Å². The summed E-state index contributed by atoms with van der Waals surface area (Å²) in [7, 11) is 0. The number of aryl methyl sites for hydroxylation is 1. The van der Waals surface area contributed by atoms with Crippen molar-refractivity contribution in [3.05, 3.63) is 35.9 Å². The maximum atomic E-state index is 11.6. The van der Waals surface area contributed by atoms with E-state index in [9.17, 15) is 4.79 Å². The molecule has 0 unspecified atom stereocenters. The molecule has 2 aromatic rings. The van der Waals surface area contributed by atoms with Gasteiger partial charge in [-0.1, -0.05) is 12.1 Å². The monoisotopic (exact) mass is 256 g/mol. The van der Waals surface area contributed by atoms with Crippen LogP contribution < -0.4 is 5.32 Å². The van der Waals surface area contributed by atoms with Gasteiger partial charge in [-0.3, -0.25) is 5.32 Å². The molecule has 1 aromatic heterocycles. The van der Waals surface area contributed by atoms with Crippen LogP contribution in [0.2, 0.25) is 0 Å². The summed E-state index contributed by atoms with van der Waals surface area (Å²) in [6, 6.07) is 9.80. The topological polar surface area (TPSA) is 51.2 Å². The number of aromatic nitrogens is 1. The van der Waals surface area contributed by atoms with Crippen LogP contribution in [0.3, 0.4) is 0 Å². The minimum atomic E-state index is -0.413. The van der Waals surface area contributed by atoms with Gasteiger partial charge in [0.15, 0.2) is 0 Å². The maximum Gasteiger partial charge on any atom is 0.413 e. The molecule has 1 heterocycles. The van der Waals surface area contributed by atoms with Crippen LogP contribution in [0.25, 0.3) is 10.9 Å². The van der Waals surface area contributed by atoms with E-state index in [1.54, 1.807) is 6.07 Å². The molecule has 0 atom stereocenters. The molecule has 0 radical (unpaired) electrons. The van der Waals surface area contributed by atoms with E-state index >= 15 is 0 Å². The second-order valence-electron chi connectivity index (χ2n) is 4.98. The number of carbonyl (C=O) groups is 1. The van der Waals surface area contributed by atoms with E-state index in [-0.39, 0.29) is 6.10 Å².